The van der Waals surface area contributed by atoms with Crippen LogP contribution in [0.25, 0.3) is 10.2 Å². The highest BCUT2D eigenvalue weighted by molar-refractivity contribution is 7.99. The average Bonchev–Trinajstić information content (AvgIpc) is 3.70. The Hall–Kier alpha value is -3.33. The zero-order chi connectivity index (χ0) is 31.4. The molecule has 0 amide bonds. The number of hydrogen-bond acceptors (Lipinski definition) is 9. The molecule has 2 N–H and O–H groups in total. The minimum absolute atomic E-state index is 0.179. The van der Waals surface area contributed by atoms with Crippen LogP contribution in [-0.4, -0.2) is 73.7 Å². The van der Waals surface area contributed by atoms with Gasteiger partial charge in [0, 0.05) is 72.0 Å². The first-order chi connectivity index (χ1) is 21.7. The lowest BCUT2D eigenvalue weighted by atomic mass is 9.78. The van der Waals surface area contributed by atoms with Crippen LogP contribution in [0.1, 0.15) is 26.2 Å². The molecular formula is C32H37N7O3S3. The van der Waals surface area contributed by atoms with E-state index in [9.17, 15) is 8.42 Å². The van der Waals surface area contributed by atoms with E-state index in [1.807, 2.05) is 79.9 Å². The summed E-state index contributed by atoms with van der Waals surface area (Å²) in [6.07, 6.45) is 7.88. The van der Waals surface area contributed by atoms with Crippen molar-refractivity contribution in [3.8, 4) is 11.5 Å². The number of fused-ring (bicyclic) bond motifs is 1. The highest BCUT2D eigenvalue weighted by atomic mass is 32.2. The molecule has 1 aromatic carbocycles. The SMILES string of the molecule is CN(C)CCNS(=O)(=O)N1CCC(C)(C2=CCC(=Nc3ncc(Sc4ccnc5ccsc45)cc3Oc3ccccc3)N2)CC1. The number of thiophene rings is 1. The Morgan fingerprint density at radius 3 is 2.73 bits per heavy atom. The molecule has 5 heterocycles. The summed E-state index contributed by atoms with van der Waals surface area (Å²) in [7, 11) is 0.349. The summed E-state index contributed by atoms with van der Waals surface area (Å²) in [5.74, 6) is 2.55. The van der Waals surface area contributed by atoms with E-state index < -0.39 is 10.2 Å². The van der Waals surface area contributed by atoms with Gasteiger partial charge in [0.2, 0.25) is 0 Å². The van der Waals surface area contributed by atoms with E-state index in [0.29, 0.717) is 62.8 Å². The van der Waals surface area contributed by atoms with Gasteiger partial charge in [0.25, 0.3) is 10.2 Å². The van der Waals surface area contributed by atoms with Gasteiger partial charge in [-0.2, -0.15) is 12.7 Å². The second kappa shape index (κ2) is 13.6. The zero-order valence-electron chi connectivity index (χ0n) is 25.6. The molecule has 6 rings (SSSR count). The second-order valence-corrected chi connectivity index (χ2v) is 15.4. The number of hydrogen-bond donors (Lipinski definition) is 2. The molecule has 1 saturated heterocycles. The van der Waals surface area contributed by atoms with Gasteiger partial charge in [-0.1, -0.05) is 43.0 Å². The van der Waals surface area contributed by atoms with Crippen molar-refractivity contribution in [2.75, 3.05) is 40.3 Å². The van der Waals surface area contributed by atoms with Crippen LogP contribution in [-0.2, 0) is 10.2 Å². The fourth-order valence-corrected chi connectivity index (χ4v) is 8.42. The monoisotopic (exact) mass is 663 g/mol. The van der Waals surface area contributed by atoms with Crippen molar-refractivity contribution in [1.82, 2.24) is 29.2 Å². The highest BCUT2D eigenvalue weighted by Gasteiger charge is 2.38. The molecule has 2 aliphatic heterocycles. The van der Waals surface area contributed by atoms with Crippen molar-refractivity contribution in [3.63, 3.8) is 0 Å². The summed E-state index contributed by atoms with van der Waals surface area (Å²) in [6, 6.07) is 15.7. The first kappa shape index (κ1) is 31.6. The molecule has 0 atom stereocenters. The normalized spacial score (nSPS) is 18.0. The van der Waals surface area contributed by atoms with Crippen LogP contribution in [0.15, 0.2) is 92.9 Å². The van der Waals surface area contributed by atoms with E-state index in [1.165, 1.54) is 0 Å². The number of nitrogens with one attached hydrogen (secondary N) is 2. The van der Waals surface area contributed by atoms with E-state index in [4.69, 9.17) is 14.7 Å². The number of aliphatic imine (C=N–C) groups is 1. The molecule has 236 valence electrons. The Morgan fingerprint density at radius 1 is 1.16 bits per heavy atom. The summed E-state index contributed by atoms with van der Waals surface area (Å²) in [5, 5.41) is 5.58. The Morgan fingerprint density at radius 2 is 1.96 bits per heavy atom. The van der Waals surface area contributed by atoms with Crippen molar-refractivity contribution in [2.24, 2.45) is 10.4 Å². The van der Waals surface area contributed by atoms with Crippen LogP contribution in [0, 0.1) is 5.41 Å². The lowest BCUT2D eigenvalue weighted by molar-refractivity contribution is 0.206. The summed E-state index contributed by atoms with van der Waals surface area (Å²) >= 11 is 3.30. The average molecular weight is 664 g/mol. The predicted octanol–water partition coefficient (Wildman–Crippen LogP) is 6.04. The first-order valence-electron chi connectivity index (χ1n) is 14.9. The molecule has 0 unspecified atom stereocenters. The van der Waals surface area contributed by atoms with Crippen LogP contribution < -0.4 is 14.8 Å². The number of piperidine rings is 1. The molecule has 0 bridgehead atoms. The number of amidine groups is 1. The number of para-hydroxylation sites is 1. The summed E-state index contributed by atoms with van der Waals surface area (Å²) in [4.78, 5) is 18.1. The number of allylic oxidation sites excluding steroid dienone is 1. The minimum Gasteiger partial charge on any atom is -0.453 e. The van der Waals surface area contributed by atoms with E-state index in [1.54, 1.807) is 27.4 Å². The number of pyridine rings is 2. The molecule has 3 aromatic heterocycles. The number of likely N-dealkylation sites (N-methyl/N-ethyl adjacent to an activating group) is 1. The number of aromatic nitrogens is 2. The Balaban J connectivity index is 1.16. The van der Waals surface area contributed by atoms with Crippen molar-refractivity contribution >= 4 is 55.2 Å². The molecule has 4 aromatic rings. The van der Waals surface area contributed by atoms with Crippen molar-refractivity contribution < 1.29 is 13.2 Å². The van der Waals surface area contributed by atoms with E-state index in [-0.39, 0.29) is 5.41 Å². The summed E-state index contributed by atoms with van der Waals surface area (Å²) in [6.45, 7) is 4.16. The van der Waals surface area contributed by atoms with Crippen LogP contribution in [0.5, 0.6) is 11.5 Å². The molecule has 13 heteroatoms. The third kappa shape index (κ3) is 7.56. The lowest BCUT2D eigenvalue weighted by Crippen LogP contribution is -2.49. The maximum Gasteiger partial charge on any atom is 0.279 e. The van der Waals surface area contributed by atoms with Crippen molar-refractivity contribution in [2.45, 2.75) is 36.0 Å². The molecule has 0 saturated carbocycles. The Bertz CT molecular complexity index is 1820. The largest absolute Gasteiger partial charge is 0.453 e. The number of benzene rings is 1. The topological polar surface area (TPSA) is 112 Å². The zero-order valence-corrected chi connectivity index (χ0v) is 28.0. The summed E-state index contributed by atoms with van der Waals surface area (Å²) < 4.78 is 37.4. The molecule has 2 aliphatic rings. The van der Waals surface area contributed by atoms with Crippen LogP contribution >= 0.6 is 23.1 Å². The predicted molar refractivity (Wildman–Crippen MR) is 182 cm³/mol. The van der Waals surface area contributed by atoms with Gasteiger partial charge in [0.1, 0.15) is 11.6 Å². The molecular weight excluding hydrogens is 627 g/mol. The van der Waals surface area contributed by atoms with Gasteiger partial charge >= 0.3 is 0 Å². The van der Waals surface area contributed by atoms with Gasteiger partial charge < -0.3 is 15.0 Å². The fraction of sp³-hybridized carbons (Fsp3) is 0.344. The minimum atomic E-state index is -3.50. The van der Waals surface area contributed by atoms with Gasteiger partial charge in [-0.3, -0.25) is 4.98 Å². The molecule has 1 fully saturated rings. The van der Waals surface area contributed by atoms with Gasteiger partial charge in [0.15, 0.2) is 11.6 Å². The Kier molecular flexibility index (Phi) is 9.54. The number of ether oxygens (including phenoxy) is 1. The van der Waals surface area contributed by atoms with Gasteiger partial charge in [-0.25, -0.2) is 14.7 Å². The molecule has 0 radical (unpaired) electrons. The Labute approximate surface area is 272 Å². The fourth-order valence-electron chi connectivity index (χ4n) is 5.34. The van der Waals surface area contributed by atoms with Crippen molar-refractivity contribution in [3.05, 3.63) is 78.1 Å². The molecule has 45 heavy (non-hydrogen) atoms. The second-order valence-electron chi connectivity index (χ2n) is 11.6. The van der Waals surface area contributed by atoms with Gasteiger partial charge in [0.05, 0.1) is 10.2 Å². The smallest absolute Gasteiger partial charge is 0.279 e. The standard InChI is InChI=1S/C32H37N7O3S3/c1-32(13-17-39(18-14-32)45(40,41)35-16-19-38(2)3)28-9-10-29(36-28)37-31-26(42-23-7-5-4-6-8-23)21-24(22-34-31)44-27-11-15-33-25-12-20-43-30(25)27/h4-9,11-12,15,20-22,35H,10,13-14,16-19H2,1-3H3,(H,34,36,37). The number of rotatable bonds is 11. The van der Waals surface area contributed by atoms with E-state index >= 15 is 0 Å². The van der Waals surface area contributed by atoms with Gasteiger partial charge in [-0.05, 0) is 56.6 Å². The maximum atomic E-state index is 12.8. The lowest BCUT2D eigenvalue weighted by Gasteiger charge is -2.39. The molecule has 0 aliphatic carbocycles. The first-order valence-corrected chi connectivity index (χ1v) is 18.0. The molecule has 10 nitrogen and oxygen atoms in total. The van der Waals surface area contributed by atoms with E-state index in [2.05, 4.69) is 33.4 Å². The van der Waals surface area contributed by atoms with Crippen LogP contribution in [0.4, 0.5) is 5.82 Å². The number of nitrogens with zero attached hydrogens (tertiary/aromatic N) is 5. The maximum absolute atomic E-state index is 12.8. The summed E-state index contributed by atoms with van der Waals surface area (Å²) in [5.41, 5.74) is 1.88. The van der Waals surface area contributed by atoms with Gasteiger partial charge in [-0.15, -0.1) is 11.3 Å². The van der Waals surface area contributed by atoms with Crippen molar-refractivity contribution in [1.29, 1.82) is 0 Å². The highest BCUT2D eigenvalue weighted by Crippen LogP contribution is 2.41. The quantitative estimate of drug-likeness (QED) is 0.200. The third-order valence-corrected chi connectivity index (χ3v) is 11.7. The van der Waals surface area contributed by atoms with E-state index in [0.717, 1.165) is 31.5 Å². The van der Waals surface area contributed by atoms with Crippen LogP contribution in [0.2, 0.25) is 0 Å². The van der Waals surface area contributed by atoms with Crippen LogP contribution in [0.3, 0.4) is 0 Å². The molecule has 0 spiro atoms. The third-order valence-electron chi connectivity index (χ3n) is 7.99.